The second-order valence-corrected chi connectivity index (χ2v) is 4.85. The van der Waals surface area contributed by atoms with Crippen molar-refractivity contribution in [3.8, 4) is 0 Å². The van der Waals surface area contributed by atoms with Crippen LogP contribution in [0.25, 0.3) is 0 Å². The fourth-order valence-corrected chi connectivity index (χ4v) is 2.37. The molecule has 1 aliphatic heterocycles. The molecule has 4 heteroatoms. The summed E-state index contributed by atoms with van der Waals surface area (Å²) in [7, 11) is 0. The van der Waals surface area contributed by atoms with Gasteiger partial charge in [0.15, 0.2) is 6.10 Å². The summed E-state index contributed by atoms with van der Waals surface area (Å²) in [6.07, 6.45) is 0.581. The first-order valence-corrected chi connectivity index (χ1v) is 5.90. The van der Waals surface area contributed by atoms with Gasteiger partial charge in [-0.15, -0.1) is 0 Å². The number of hydrogen-bond acceptors (Lipinski definition) is 3. The van der Waals surface area contributed by atoms with Gasteiger partial charge >= 0.3 is 0 Å². The third-order valence-corrected chi connectivity index (χ3v) is 3.33. The highest BCUT2D eigenvalue weighted by Crippen LogP contribution is 2.23. The van der Waals surface area contributed by atoms with Gasteiger partial charge in [-0.05, 0) is 12.8 Å². The first kappa shape index (κ1) is 12.9. The molecule has 0 bridgehead atoms. The fraction of sp³-hybridized carbons (Fsp3) is 1.00. The summed E-state index contributed by atoms with van der Waals surface area (Å²) in [6.45, 7) is 6.57. The molecule has 15 heavy (non-hydrogen) atoms. The molecule has 1 rings (SSSR count). The molecule has 2 unspecified atom stereocenters. The molecule has 0 saturated carbocycles. The maximum atomic E-state index is 9.65. The minimum absolute atomic E-state index is 0.252. The first-order valence-electron chi connectivity index (χ1n) is 5.90. The van der Waals surface area contributed by atoms with Crippen LogP contribution in [0.15, 0.2) is 0 Å². The largest absolute Gasteiger partial charge is 0.387 e. The quantitative estimate of drug-likeness (QED) is 0.537. The zero-order chi connectivity index (χ0) is 11.5. The molecular weight excluding hydrogens is 194 g/mol. The highest BCUT2D eigenvalue weighted by Gasteiger charge is 2.44. The van der Waals surface area contributed by atoms with Crippen molar-refractivity contribution >= 4 is 0 Å². The SMILES string of the molecule is CCC(O)C[N+]1(CC(O)CC)CC(O)C1. The maximum Gasteiger partial charge on any atom is 0.152 e. The Bertz CT molecular complexity index is 178. The molecule has 0 aromatic rings. The number of likely N-dealkylation sites (tertiary alicyclic amines) is 1. The zero-order valence-electron chi connectivity index (χ0n) is 9.76. The van der Waals surface area contributed by atoms with Gasteiger partial charge in [-0.3, -0.25) is 0 Å². The van der Waals surface area contributed by atoms with Gasteiger partial charge in [0.2, 0.25) is 0 Å². The molecule has 1 saturated heterocycles. The van der Waals surface area contributed by atoms with E-state index >= 15 is 0 Å². The number of hydrogen-bond donors (Lipinski definition) is 3. The molecule has 0 radical (unpaired) electrons. The van der Waals surface area contributed by atoms with Gasteiger partial charge in [0.1, 0.15) is 38.4 Å². The Morgan fingerprint density at radius 3 is 1.73 bits per heavy atom. The van der Waals surface area contributed by atoms with Gasteiger partial charge < -0.3 is 19.8 Å². The number of aliphatic hydroxyl groups is 3. The Labute approximate surface area is 91.7 Å². The van der Waals surface area contributed by atoms with Crippen molar-refractivity contribution in [2.45, 2.75) is 45.0 Å². The molecule has 2 atom stereocenters. The molecule has 1 aliphatic rings. The summed E-state index contributed by atoms with van der Waals surface area (Å²) < 4.78 is 0.672. The molecule has 1 fully saturated rings. The molecule has 0 aromatic heterocycles. The van der Waals surface area contributed by atoms with Crippen molar-refractivity contribution in [3.63, 3.8) is 0 Å². The van der Waals surface area contributed by atoms with E-state index in [-0.39, 0.29) is 18.3 Å². The highest BCUT2D eigenvalue weighted by molar-refractivity contribution is 4.71. The second kappa shape index (κ2) is 5.25. The Morgan fingerprint density at radius 2 is 1.47 bits per heavy atom. The predicted molar refractivity (Wildman–Crippen MR) is 58.3 cm³/mol. The van der Waals surface area contributed by atoms with Gasteiger partial charge in [0.25, 0.3) is 0 Å². The molecule has 0 aliphatic carbocycles. The van der Waals surface area contributed by atoms with E-state index in [0.29, 0.717) is 30.7 Å². The number of rotatable bonds is 6. The van der Waals surface area contributed by atoms with E-state index in [0.717, 1.165) is 12.8 Å². The minimum Gasteiger partial charge on any atom is -0.387 e. The van der Waals surface area contributed by atoms with Gasteiger partial charge in [0.05, 0.1) is 0 Å². The zero-order valence-corrected chi connectivity index (χ0v) is 9.76. The van der Waals surface area contributed by atoms with Crippen LogP contribution in [-0.4, -0.2) is 64.3 Å². The van der Waals surface area contributed by atoms with Crippen molar-refractivity contribution in [1.29, 1.82) is 0 Å². The Hall–Kier alpha value is -0.160. The van der Waals surface area contributed by atoms with Crippen molar-refractivity contribution < 1.29 is 19.8 Å². The monoisotopic (exact) mass is 218 g/mol. The van der Waals surface area contributed by atoms with E-state index in [1.165, 1.54) is 0 Å². The van der Waals surface area contributed by atoms with Crippen LogP contribution >= 0.6 is 0 Å². The van der Waals surface area contributed by atoms with E-state index in [4.69, 9.17) is 0 Å². The molecule has 4 nitrogen and oxygen atoms in total. The smallest absolute Gasteiger partial charge is 0.152 e. The van der Waals surface area contributed by atoms with Crippen LogP contribution in [0.2, 0.25) is 0 Å². The maximum absolute atomic E-state index is 9.65. The average Bonchev–Trinajstić information content (AvgIpc) is 2.15. The van der Waals surface area contributed by atoms with Crippen molar-refractivity contribution in [2.75, 3.05) is 26.2 Å². The summed E-state index contributed by atoms with van der Waals surface area (Å²) in [5, 5.41) is 28.7. The van der Waals surface area contributed by atoms with Gasteiger partial charge in [-0.25, -0.2) is 0 Å². The summed E-state index contributed by atoms with van der Waals surface area (Å²) in [5.41, 5.74) is 0. The van der Waals surface area contributed by atoms with Crippen LogP contribution in [0.5, 0.6) is 0 Å². The average molecular weight is 218 g/mol. The summed E-state index contributed by atoms with van der Waals surface area (Å²) in [4.78, 5) is 0. The van der Waals surface area contributed by atoms with Crippen LogP contribution in [0.1, 0.15) is 26.7 Å². The highest BCUT2D eigenvalue weighted by atomic mass is 16.3. The molecule has 0 amide bonds. The lowest BCUT2D eigenvalue weighted by Gasteiger charge is -2.50. The van der Waals surface area contributed by atoms with Crippen LogP contribution in [-0.2, 0) is 0 Å². The van der Waals surface area contributed by atoms with E-state index < -0.39 is 0 Å². The number of nitrogens with zero attached hydrogens (tertiary/aromatic N) is 1. The normalized spacial score (nSPS) is 34.6. The predicted octanol–water partition coefficient (Wildman–Crippen LogP) is -0.281. The summed E-state index contributed by atoms with van der Waals surface area (Å²) in [6, 6.07) is 0. The Balaban J connectivity index is 2.48. The lowest BCUT2D eigenvalue weighted by Crippen LogP contribution is -2.70. The van der Waals surface area contributed by atoms with E-state index in [2.05, 4.69) is 0 Å². The molecule has 3 N–H and O–H groups in total. The molecule has 90 valence electrons. The standard InChI is InChI=1S/C11H24NO3/c1-3-9(13)5-12(6-10(14)4-2)7-11(15)8-12/h9-11,13-15H,3-8H2,1-2H3/q+1. The number of aliphatic hydroxyl groups excluding tert-OH is 3. The first-order chi connectivity index (χ1) is 7.01. The van der Waals surface area contributed by atoms with E-state index in [1.54, 1.807) is 0 Å². The fourth-order valence-electron chi connectivity index (χ4n) is 2.37. The van der Waals surface area contributed by atoms with Crippen molar-refractivity contribution in [2.24, 2.45) is 0 Å². The van der Waals surface area contributed by atoms with Crippen molar-refractivity contribution in [1.82, 2.24) is 0 Å². The van der Waals surface area contributed by atoms with Crippen LogP contribution in [0, 0.1) is 0 Å². The molecule has 1 heterocycles. The van der Waals surface area contributed by atoms with Gasteiger partial charge in [-0.2, -0.15) is 0 Å². The minimum atomic E-state index is -0.318. The molecular formula is C11H24NO3+. The number of quaternary nitrogens is 1. The Kier molecular flexibility index (Phi) is 4.52. The summed E-state index contributed by atoms with van der Waals surface area (Å²) >= 11 is 0. The lowest BCUT2D eigenvalue weighted by molar-refractivity contribution is -0.977. The molecule has 0 aromatic carbocycles. The Morgan fingerprint density at radius 1 is 1.07 bits per heavy atom. The third kappa shape index (κ3) is 3.41. The van der Waals surface area contributed by atoms with Crippen molar-refractivity contribution in [3.05, 3.63) is 0 Å². The van der Waals surface area contributed by atoms with Gasteiger partial charge in [0, 0.05) is 0 Å². The third-order valence-electron chi connectivity index (χ3n) is 3.33. The van der Waals surface area contributed by atoms with E-state index in [1.807, 2.05) is 13.8 Å². The topological polar surface area (TPSA) is 60.7 Å². The summed E-state index contributed by atoms with van der Waals surface area (Å²) in [5.74, 6) is 0. The lowest BCUT2D eigenvalue weighted by atomic mass is 10.0. The molecule has 0 spiro atoms. The van der Waals surface area contributed by atoms with Gasteiger partial charge in [-0.1, -0.05) is 13.8 Å². The van der Waals surface area contributed by atoms with Crippen LogP contribution < -0.4 is 0 Å². The van der Waals surface area contributed by atoms with Crippen LogP contribution in [0.4, 0.5) is 0 Å². The van der Waals surface area contributed by atoms with E-state index in [9.17, 15) is 15.3 Å². The van der Waals surface area contributed by atoms with Crippen LogP contribution in [0.3, 0.4) is 0 Å². The second-order valence-electron chi connectivity index (χ2n) is 4.85.